The Hall–Kier alpha value is -2.79. The third-order valence-corrected chi connectivity index (χ3v) is 5.22. The fourth-order valence-corrected chi connectivity index (χ4v) is 3.93. The van der Waals surface area contributed by atoms with E-state index in [2.05, 4.69) is 10.3 Å². The fraction of sp³-hybridized carbons (Fsp3) is 0.238. The van der Waals surface area contributed by atoms with E-state index >= 15 is 0 Å². The minimum absolute atomic E-state index is 0.0810. The Morgan fingerprint density at radius 1 is 1.30 bits per heavy atom. The lowest BCUT2D eigenvalue weighted by atomic mass is 9.89. The molecule has 2 aromatic carbocycles. The van der Waals surface area contributed by atoms with E-state index in [1.807, 2.05) is 44.2 Å². The molecule has 2 N–H and O–H groups in total. The number of anilines is 1. The topological polar surface area (TPSA) is 71.5 Å². The van der Waals surface area contributed by atoms with Gasteiger partial charge in [0.15, 0.2) is 0 Å². The number of hydrogen-bond acceptors (Lipinski definition) is 4. The van der Waals surface area contributed by atoms with Crippen LogP contribution in [0.3, 0.4) is 0 Å². The van der Waals surface area contributed by atoms with Gasteiger partial charge in [-0.1, -0.05) is 17.7 Å². The summed E-state index contributed by atoms with van der Waals surface area (Å²) >= 11 is 6.74. The molecule has 3 aromatic rings. The summed E-state index contributed by atoms with van der Waals surface area (Å²) in [5.74, 6) is -0.171. The molecule has 0 saturated heterocycles. The molecule has 0 fully saturated rings. The molecule has 0 saturated carbocycles. The first kappa shape index (κ1) is 17.6. The van der Waals surface area contributed by atoms with Crippen LogP contribution >= 0.6 is 11.6 Å². The molecule has 4 rings (SSSR count). The Bertz CT molecular complexity index is 1080. The molecule has 0 atom stereocenters. The lowest BCUT2D eigenvalue weighted by Crippen LogP contribution is -2.18. The normalized spacial score (nSPS) is 13.0. The second kappa shape index (κ2) is 6.74. The second-order valence-corrected chi connectivity index (χ2v) is 7.09. The molecule has 0 aliphatic carbocycles. The average Bonchev–Trinajstić information content (AvgIpc) is 2.63. The number of nitrogens with one attached hydrogen (secondary N) is 1. The minimum Gasteiger partial charge on any atom is -0.490 e. The van der Waals surface area contributed by atoms with Crippen molar-refractivity contribution in [3.05, 3.63) is 52.2 Å². The van der Waals surface area contributed by atoms with Crippen LogP contribution in [0.15, 0.2) is 30.3 Å². The van der Waals surface area contributed by atoms with Gasteiger partial charge in [-0.3, -0.25) is 9.78 Å². The summed E-state index contributed by atoms with van der Waals surface area (Å²) in [6.45, 7) is 5.11. The van der Waals surface area contributed by atoms with Gasteiger partial charge >= 0.3 is 5.97 Å². The Morgan fingerprint density at radius 3 is 2.89 bits per heavy atom. The first-order valence-corrected chi connectivity index (χ1v) is 9.14. The summed E-state index contributed by atoms with van der Waals surface area (Å²) in [6.07, 6.45) is -0.0810. The second-order valence-electron chi connectivity index (χ2n) is 6.71. The number of carbonyl (C=O) groups is 1. The highest BCUT2D eigenvalue weighted by Crippen LogP contribution is 2.45. The van der Waals surface area contributed by atoms with Crippen molar-refractivity contribution in [2.75, 3.05) is 18.5 Å². The van der Waals surface area contributed by atoms with Crippen LogP contribution in [-0.2, 0) is 11.2 Å². The fourth-order valence-electron chi connectivity index (χ4n) is 3.61. The summed E-state index contributed by atoms with van der Waals surface area (Å²) in [5, 5.41) is 14.2. The van der Waals surface area contributed by atoms with Gasteiger partial charge in [-0.15, -0.1) is 0 Å². The average molecular weight is 383 g/mol. The van der Waals surface area contributed by atoms with E-state index < -0.39 is 5.97 Å². The Morgan fingerprint density at radius 2 is 2.11 bits per heavy atom. The van der Waals surface area contributed by atoms with Crippen molar-refractivity contribution in [3.63, 3.8) is 0 Å². The SMILES string of the molecule is Cc1ccc2c(-c3ccc4c(c3Cl)NCCO4)c(CC(=O)O)c(C)cc2n1. The molecule has 5 nitrogen and oxygen atoms in total. The zero-order valence-electron chi connectivity index (χ0n) is 15.1. The quantitative estimate of drug-likeness (QED) is 0.692. The van der Waals surface area contributed by atoms with Crippen molar-refractivity contribution in [3.8, 4) is 16.9 Å². The Labute approximate surface area is 161 Å². The molecular weight excluding hydrogens is 364 g/mol. The first-order chi connectivity index (χ1) is 13.0. The molecule has 0 amide bonds. The Kier molecular flexibility index (Phi) is 4.40. The maximum absolute atomic E-state index is 11.5. The van der Waals surface area contributed by atoms with E-state index in [4.69, 9.17) is 16.3 Å². The van der Waals surface area contributed by atoms with Crippen molar-refractivity contribution in [2.45, 2.75) is 20.3 Å². The van der Waals surface area contributed by atoms with Crippen molar-refractivity contribution < 1.29 is 14.6 Å². The van der Waals surface area contributed by atoms with Crippen LogP contribution in [-0.4, -0.2) is 29.2 Å². The van der Waals surface area contributed by atoms with Gasteiger partial charge in [0.25, 0.3) is 0 Å². The monoisotopic (exact) mass is 382 g/mol. The molecule has 1 aromatic heterocycles. The van der Waals surface area contributed by atoms with E-state index in [-0.39, 0.29) is 6.42 Å². The molecule has 2 heterocycles. The number of carboxylic acid groups (broad SMARTS) is 1. The predicted octanol–water partition coefficient (Wildman–Crippen LogP) is 4.60. The zero-order valence-corrected chi connectivity index (χ0v) is 15.9. The molecule has 1 aliphatic rings. The van der Waals surface area contributed by atoms with Crippen molar-refractivity contribution in [1.82, 2.24) is 4.98 Å². The predicted molar refractivity (Wildman–Crippen MR) is 107 cm³/mol. The zero-order chi connectivity index (χ0) is 19.1. The smallest absolute Gasteiger partial charge is 0.307 e. The number of benzene rings is 2. The maximum atomic E-state index is 11.5. The summed E-state index contributed by atoms with van der Waals surface area (Å²) < 4.78 is 5.66. The molecule has 0 unspecified atom stereocenters. The number of carboxylic acids is 1. The largest absolute Gasteiger partial charge is 0.490 e. The molecule has 1 aliphatic heterocycles. The van der Waals surface area contributed by atoms with Crippen LogP contribution in [0.25, 0.3) is 22.0 Å². The molecule has 0 bridgehead atoms. The van der Waals surface area contributed by atoms with Crippen molar-refractivity contribution in [1.29, 1.82) is 0 Å². The highest BCUT2D eigenvalue weighted by molar-refractivity contribution is 6.37. The van der Waals surface area contributed by atoms with Crippen molar-refractivity contribution >= 4 is 34.2 Å². The summed E-state index contributed by atoms with van der Waals surface area (Å²) in [5.41, 5.74) is 5.72. The van der Waals surface area contributed by atoms with Gasteiger partial charge in [0.1, 0.15) is 12.4 Å². The summed E-state index contributed by atoms with van der Waals surface area (Å²) in [6, 6.07) is 9.63. The van der Waals surface area contributed by atoms with Crippen LogP contribution in [0.2, 0.25) is 5.02 Å². The van der Waals surface area contributed by atoms with Gasteiger partial charge in [0.2, 0.25) is 0 Å². The van der Waals surface area contributed by atoms with Crippen LogP contribution in [0.1, 0.15) is 16.8 Å². The molecule has 0 radical (unpaired) electrons. The number of hydrogen-bond donors (Lipinski definition) is 2. The first-order valence-electron chi connectivity index (χ1n) is 8.77. The van der Waals surface area contributed by atoms with Gasteiger partial charge in [-0.2, -0.15) is 0 Å². The molecular formula is C21H19ClN2O3. The van der Waals surface area contributed by atoms with Crippen LogP contribution < -0.4 is 10.1 Å². The minimum atomic E-state index is -0.880. The summed E-state index contributed by atoms with van der Waals surface area (Å²) in [7, 11) is 0. The van der Waals surface area contributed by atoms with E-state index in [9.17, 15) is 9.90 Å². The number of aryl methyl sites for hydroxylation is 2. The standard InChI is InChI=1S/C21H19ClN2O3/c1-11-9-16-13(4-3-12(2)24-16)19(15(11)10-18(25)26)14-5-6-17-21(20(14)22)23-7-8-27-17/h3-6,9,23H,7-8,10H2,1-2H3,(H,25,26). The lowest BCUT2D eigenvalue weighted by molar-refractivity contribution is -0.136. The summed E-state index contributed by atoms with van der Waals surface area (Å²) in [4.78, 5) is 16.2. The Balaban J connectivity index is 2.06. The van der Waals surface area contributed by atoms with Gasteiger partial charge in [-0.25, -0.2) is 0 Å². The number of aliphatic carboxylic acids is 1. The molecule has 27 heavy (non-hydrogen) atoms. The third kappa shape index (κ3) is 3.08. The van der Waals surface area contributed by atoms with E-state index in [0.29, 0.717) is 23.9 Å². The van der Waals surface area contributed by atoms with E-state index in [0.717, 1.165) is 44.5 Å². The molecule has 6 heteroatoms. The number of rotatable bonds is 3. The van der Waals surface area contributed by atoms with Gasteiger partial charge in [0, 0.05) is 23.2 Å². The number of ether oxygens (including phenoxy) is 1. The highest BCUT2D eigenvalue weighted by atomic mass is 35.5. The lowest BCUT2D eigenvalue weighted by Gasteiger charge is -2.23. The number of nitrogens with zero attached hydrogens (tertiary/aromatic N) is 1. The van der Waals surface area contributed by atoms with Crippen LogP contribution in [0, 0.1) is 13.8 Å². The number of pyridine rings is 1. The van der Waals surface area contributed by atoms with E-state index in [1.54, 1.807) is 0 Å². The number of halogens is 1. The highest BCUT2D eigenvalue weighted by Gasteiger charge is 2.22. The van der Waals surface area contributed by atoms with Crippen molar-refractivity contribution in [2.24, 2.45) is 0 Å². The maximum Gasteiger partial charge on any atom is 0.307 e. The number of fused-ring (bicyclic) bond motifs is 2. The third-order valence-electron chi connectivity index (χ3n) is 4.83. The molecule has 0 spiro atoms. The van der Waals surface area contributed by atoms with E-state index in [1.165, 1.54) is 0 Å². The van der Waals surface area contributed by atoms with Gasteiger partial charge < -0.3 is 15.2 Å². The van der Waals surface area contributed by atoms with Crippen LogP contribution in [0.4, 0.5) is 5.69 Å². The number of aromatic nitrogens is 1. The van der Waals surface area contributed by atoms with Gasteiger partial charge in [-0.05, 0) is 54.8 Å². The van der Waals surface area contributed by atoms with Crippen LogP contribution in [0.5, 0.6) is 5.75 Å². The van der Waals surface area contributed by atoms with Gasteiger partial charge in [0.05, 0.1) is 22.6 Å². The molecule has 138 valence electrons.